The van der Waals surface area contributed by atoms with Gasteiger partial charge in [-0.2, -0.15) is 0 Å². The van der Waals surface area contributed by atoms with Crippen molar-refractivity contribution >= 4 is 17.4 Å². The Bertz CT molecular complexity index is 466. The minimum Gasteiger partial charge on any atom is -0.444 e. The average molecular weight is 312 g/mol. The van der Waals surface area contributed by atoms with Gasteiger partial charge in [-0.3, -0.25) is 0 Å². The summed E-state index contributed by atoms with van der Waals surface area (Å²) in [5.41, 5.74) is -0.838. The number of carbonyl (C=O) groups excluding carboxylic acids is 1. The molecule has 1 aromatic heterocycles. The van der Waals surface area contributed by atoms with Gasteiger partial charge in [0.05, 0.1) is 11.6 Å². The summed E-state index contributed by atoms with van der Waals surface area (Å²) in [5, 5.41) is 15.7. The molecule has 1 atom stereocenters. The third-order valence-electron chi connectivity index (χ3n) is 3.73. The number of ether oxygens (including phenoxy) is 1. The van der Waals surface area contributed by atoms with Gasteiger partial charge in [-0.25, -0.2) is 9.78 Å². The molecule has 1 amide bonds. The molecular weight excluding hydrogens is 288 g/mol. The summed E-state index contributed by atoms with van der Waals surface area (Å²) in [6.45, 7) is 5.97. The number of carbonyl (C=O) groups is 1. The Morgan fingerprint density at radius 1 is 1.52 bits per heavy atom. The number of rotatable bonds is 6. The highest BCUT2D eigenvalue weighted by Crippen LogP contribution is 2.47. The maximum atomic E-state index is 11.8. The van der Waals surface area contributed by atoms with Gasteiger partial charge in [-0.05, 0) is 39.5 Å². The van der Waals surface area contributed by atoms with Crippen LogP contribution in [0.2, 0.25) is 0 Å². The van der Waals surface area contributed by atoms with E-state index >= 15 is 0 Å². The smallest absolute Gasteiger partial charge is 0.407 e. The lowest BCUT2D eigenvalue weighted by molar-refractivity contribution is 0.0439. The van der Waals surface area contributed by atoms with Crippen LogP contribution in [-0.2, 0) is 11.2 Å². The van der Waals surface area contributed by atoms with Gasteiger partial charge in [0.25, 0.3) is 0 Å². The zero-order chi connectivity index (χ0) is 15.5. The number of aromatic nitrogens is 1. The van der Waals surface area contributed by atoms with Crippen LogP contribution in [0.25, 0.3) is 0 Å². The Hall–Kier alpha value is -1.14. The monoisotopic (exact) mass is 312 g/mol. The molecule has 118 valence electrons. The van der Waals surface area contributed by atoms with Gasteiger partial charge in [0.1, 0.15) is 5.60 Å². The van der Waals surface area contributed by atoms with Crippen molar-refractivity contribution in [2.75, 3.05) is 13.2 Å². The van der Waals surface area contributed by atoms with Crippen LogP contribution in [0.5, 0.6) is 0 Å². The summed E-state index contributed by atoms with van der Waals surface area (Å²) in [7, 11) is 0. The van der Waals surface area contributed by atoms with Crippen LogP contribution in [-0.4, -0.2) is 34.9 Å². The van der Waals surface area contributed by atoms with E-state index in [1.54, 1.807) is 17.5 Å². The van der Waals surface area contributed by atoms with Crippen LogP contribution in [0.1, 0.15) is 38.6 Å². The zero-order valence-corrected chi connectivity index (χ0v) is 13.7. The van der Waals surface area contributed by atoms with Gasteiger partial charge >= 0.3 is 6.09 Å². The van der Waals surface area contributed by atoms with Gasteiger partial charge in [0.15, 0.2) is 0 Å². The fraction of sp³-hybridized carbons (Fsp3) is 0.733. The number of nitrogens with zero attached hydrogens (tertiary/aromatic N) is 1. The topological polar surface area (TPSA) is 71.5 Å². The van der Waals surface area contributed by atoms with E-state index in [1.807, 2.05) is 26.2 Å². The molecule has 0 aromatic carbocycles. The summed E-state index contributed by atoms with van der Waals surface area (Å²) in [6.07, 6.45) is 4.24. The van der Waals surface area contributed by atoms with Gasteiger partial charge < -0.3 is 15.2 Å². The van der Waals surface area contributed by atoms with Crippen LogP contribution in [0, 0.1) is 11.3 Å². The van der Waals surface area contributed by atoms with Crippen molar-refractivity contribution < 1.29 is 14.6 Å². The molecule has 1 aliphatic carbocycles. The lowest BCUT2D eigenvalue weighted by Gasteiger charge is -2.32. The quantitative estimate of drug-likeness (QED) is 0.847. The molecule has 1 unspecified atom stereocenters. The molecule has 1 heterocycles. The third-order valence-corrected chi connectivity index (χ3v) is 4.51. The first kappa shape index (κ1) is 16.2. The minimum absolute atomic E-state index is 0.0487. The zero-order valence-electron chi connectivity index (χ0n) is 12.9. The summed E-state index contributed by atoms with van der Waals surface area (Å²) in [4.78, 5) is 16.1. The van der Waals surface area contributed by atoms with Gasteiger partial charge in [0.2, 0.25) is 0 Å². The van der Waals surface area contributed by atoms with Gasteiger partial charge in [-0.1, -0.05) is 0 Å². The highest BCUT2D eigenvalue weighted by Gasteiger charge is 2.45. The predicted molar refractivity (Wildman–Crippen MR) is 82.3 cm³/mol. The predicted octanol–water partition coefficient (Wildman–Crippen LogP) is 2.60. The van der Waals surface area contributed by atoms with E-state index in [-0.39, 0.29) is 12.0 Å². The molecule has 1 fully saturated rings. The molecule has 0 bridgehead atoms. The van der Waals surface area contributed by atoms with Crippen molar-refractivity contribution in [2.24, 2.45) is 11.3 Å². The highest BCUT2D eigenvalue weighted by atomic mass is 32.1. The number of nitrogens with one attached hydrogen (secondary N) is 1. The minimum atomic E-state index is -0.513. The van der Waals surface area contributed by atoms with E-state index in [4.69, 9.17) is 4.74 Å². The second-order valence-electron chi connectivity index (χ2n) is 6.75. The average Bonchev–Trinajstić information content (AvgIpc) is 3.12. The maximum absolute atomic E-state index is 11.8. The van der Waals surface area contributed by atoms with Crippen LogP contribution < -0.4 is 5.32 Å². The van der Waals surface area contributed by atoms with Crippen LogP contribution in [0.15, 0.2) is 11.6 Å². The third kappa shape index (κ3) is 4.68. The Morgan fingerprint density at radius 3 is 2.71 bits per heavy atom. The molecule has 1 aliphatic rings. The molecule has 5 nitrogen and oxygen atoms in total. The normalized spacial score (nSPS) is 18.1. The molecule has 0 radical (unpaired) electrons. The number of amides is 1. The SMILES string of the molecule is CC(C)(C)OC(=O)NCC(CO)(Cc1nccs1)C1CC1. The van der Waals surface area contributed by atoms with Crippen molar-refractivity contribution in [1.29, 1.82) is 0 Å². The fourth-order valence-electron chi connectivity index (χ4n) is 2.49. The molecule has 1 saturated carbocycles. The molecule has 1 aromatic rings. The summed E-state index contributed by atoms with van der Waals surface area (Å²) >= 11 is 1.59. The Labute approximate surface area is 129 Å². The molecule has 2 N–H and O–H groups in total. The highest BCUT2D eigenvalue weighted by molar-refractivity contribution is 7.09. The van der Waals surface area contributed by atoms with Crippen molar-refractivity contribution in [2.45, 2.75) is 45.6 Å². The number of alkyl carbamates (subject to hydrolysis) is 1. The van der Waals surface area contributed by atoms with Crippen LogP contribution in [0.4, 0.5) is 4.79 Å². The Kier molecular flexibility index (Phi) is 4.88. The molecule has 21 heavy (non-hydrogen) atoms. The molecule has 0 saturated heterocycles. The summed E-state index contributed by atoms with van der Waals surface area (Å²) < 4.78 is 5.27. The standard InChI is InChI=1S/C15H24N2O3S/c1-14(2,3)20-13(19)17-9-15(10-18,11-4-5-11)8-12-16-6-7-21-12/h6-7,11,18H,4-5,8-10H2,1-3H3,(H,17,19). The maximum Gasteiger partial charge on any atom is 0.407 e. The fourth-order valence-corrected chi connectivity index (χ4v) is 3.26. The van der Waals surface area contributed by atoms with Gasteiger partial charge in [0, 0.05) is 30.0 Å². The van der Waals surface area contributed by atoms with Crippen molar-refractivity contribution in [1.82, 2.24) is 10.3 Å². The van der Waals surface area contributed by atoms with Crippen molar-refractivity contribution in [3.8, 4) is 0 Å². The largest absolute Gasteiger partial charge is 0.444 e. The summed E-state index contributed by atoms with van der Waals surface area (Å²) in [5.74, 6) is 0.446. The van der Waals surface area contributed by atoms with E-state index in [1.165, 1.54) is 0 Å². The second-order valence-corrected chi connectivity index (χ2v) is 7.73. The van der Waals surface area contributed by atoms with Crippen molar-refractivity contribution in [3.05, 3.63) is 16.6 Å². The summed E-state index contributed by atoms with van der Waals surface area (Å²) in [6, 6.07) is 0. The second kappa shape index (κ2) is 6.32. The lowest BCUT2D eigenvalue weighted by Crippen LogP contribution is -2.44. The number of thiazole rings is 1. The number of aliphatic hydroxyl groups excluding tert-OH is 1. The number of hydrogen-bond donors (Lipinski definition) is 2. The van der Waals surface area contributed by atoms with E-state index in [2.05, 4.69) is 10.3 Å². The van der Waals surface area contributed by atoms with Gasteiger partial charge in [-0.15, -0.1) is 11.3 Å². The van der Waals surface area contributed by atoms with E-state index in [0.29, 0.717) is 18.9 Å². The van der Waals surface area contributed by atoms with E-state index < -0.39 is 11.7 Å². The van der Waals surface area contributed by atoms with Crippen LogP contribution in [0.3, 0.4) is 0 Å². The Balaban J connectivity index is 1.98. The molecule has 2 rings (SSSR count). The lowest BCUT2D eigenvalue weighted by atomic mass is 9.80. The number of aliphatic hydroxyl groups is 1. The Morgan fingerprint density at radius 2 is 2.24 bits per heavy atom. The first-order chi connectivity index (χ1) is 9.85. The van der Waals surface area contributed by atoms with Crippen LogP contribution >= 0.6 is 11.3 Å². The van der Waals surface area contributed by atoms with Crippen molar-refractivity contribution in [3.63, 3.8) is 0 Å². The first-order valence-electron chi connectivity index (χ1n) is 7.31. The van der Waals surface area contributed by atoms with E-state index in [9.17, 15) is 9.90 Å². The number of hydrogen-bond acceptors (Lipinski definition) is 5. The molecular formula is C15H24N2O3S. The molecule has 0 aliphatic heterocycles. The molecule has 0 spiro atoms. The molecule has 6 heteroatoms. The first-order valence-corrected chi connectivity index (χ1v) is 8.19. The van der Waals surface area contributed by atoms with E-state index in [0.717, 1.165) is 17.8 Å².